The molecule has 0 fully saturated rings. The van der Waals surface area contributed by atoms with E-state index in [2.05, 4.69) is 19.1 Å². The molecule has 0 saturated heterocycles. The average Bonchev–Trinajstić information content (AvgIpc) is 2.58. The molecule has 15 heavy (non-hydrogen) atoms. The number of rotatable bonds is 3. The summed E-state index contributed by atoms with van der Waals surface area (Å²) in [6.07, 6.45) is 5.86. The van der Waals surface area contributed by atoms with E-state index in [-0.39, 0.29) is 0 Å². The Hall–Kier alpha value is -0.580. The molecular weight excluding hydrogens is 300 g/mol. The first-order chi connectivity index (χ1) is 7.33. The Labute approximate surface area is 101 Å². The molecule has 0 radical (unpaired) electrons. The monoisotopic (exact) mass is 316 g/mol. The van der Waals surface area contributed by atoms with Crippen LogP contribution in [-0.4, -0.2) is 24.8 Å². The molecule has 1 nitrogen and oxygen atoms in total. The Balaban J connectivity index is 2.24. The number of carbonyl (C=O) groups excluding carboxylic acids is 1. The summed E-state index contributed by atoms with van der Waals surface area (Å²) >= 11 is -0.596. The van der Waals surface area contributed by atoms with E-state index in [9.17, 15) is 4.79 Å². The minimum absolute atomic E-state index is 0.402. The van der Waals surface area contributed by atoms with Gasteiger partial charge in [0.15, 0.2) is 0 Å². The molecule has 0 atom stereocenters. The van der Waals surface area contributed by atoms with Crippen LogP contribution in [0.15, 0.2) is 30.3 Å². The van der Waals surface area contributed by atoms with Crippen LogP contribution in [0.5, 0.6) is 0 Å². The van der Waals surface area contributed by atoms with Crippen LogP contribution in [0.4, 0.5) is 0 Å². The summed E-state index contributed by atoms with van der Waals surface area (Å²) in [5.41, 5.74) is 2.17. The van der Waals surface area contributed by atoms with Crippen LogP contribution >= 0.6 is 0 Å². The number of benzene rings is 1. The van der Waals surface area contributed by atoms with Crippen LogP contribution in [-0.2, 0) is 0 Å². The third-order valence-electron chi connectivity index (χ3n) is 2.50. The van der Waals surface area contributed by atoms with Crippen LogP contribution in [0, 0.1) is 0 Å². The van der Waals surface area contributed by atoms with Crippen molar-refractivity contribution in [1.29, 1.82) is 0 Å². The van der Waals surface area contributed by atoms with Crippen LogP contribution < -0.4 is 0 Å². The van der Waals surface area contributed by atoms with E-state index in [1.165, 1.54) is 22.0 Å². The molecule has 0 saturated carbocycles. The Morgan fingerprint density at radius 2 is 2.00 bits per heavy atom. The summed E-state index contributed by atoms with van der Waals surface area (Å²) in [7, 11) is 0. The van der Waals surface area contributed by atoms with Gasteiger partial charge in [-0.15, -0.1) is 0 Å². The van der Waals surface area contributed by atoms with E-state index >= 15 is 0 Å². The molecule has 1 aliphatic rings. The SMILES string of the molecule is CCCC/C=C1\[Te]C(=O)c2ccccc21. The zero-order chi connectivity index (χ0) is 10.7. The van der Waals surface area contributed by atoms with E-state index in [1.807, 2.05) is 18.2 Å². The quantitative estimate of drug-likeness (QED) is 0.619. The number of fused-ring (bicyclic) bond motifs is 1. The molecule has 0 bridgehead atoms. The van der Waals surface area contributed by atoms with Gasteiger partial charge in [-0.3, -0.25) is 0 Å². The predicted octanol–water partition coefficient (Wildman–Crippen LogP) is 3.08. The third-order valence-corrected chi connectivity index (χ3v) is 5.39. The van der Waals surface area contributed by atoms with Crippen molar-refractivity contribution in [2.24, 2.45) is 0 Å². The van der Waals surface area contributed by atoms with Crippen molar-refractivity contribution in [1.82, 2.24) is 0 Å². The van der Waals surface area contributed by atoms with Gasteiger partial charge in [0.1, 0.15) is 0 Å². The minimum atomic E-state index is -0.596. The number of hydrogen-bond acceptors (Lipinski definition) is 1. The topological polar surface area (TPSA) is 17.1 Å². The Morgan fingerprint density at radius 3 is 2.73 bits per heavy atom. The number of allylic oxidation sites excluding steroid dienone is 1. The molecular formula is C13H14OTe. The van der Waals surface area contributed by atoms with Gasteiger partial charge in [0.05, 0.1) is 0 Å². The normalized spacial score (nSPS) is 17.1. The van der Waals surface area contributed by atoms with Gasteiger partial charge < -0.3 is 0 Å². The summed E-state index contributed by atoms with van der Waals surface area (Å²) in [6.45, 7) is 2.20. The van der Waals surface area contributed by atoms with Crippen LogP contribution in [0.1, 0.15) is 42.1 Å². The Bertz CT molecular complexity index is 407. The molecule has 0 N–H and O–H groups in total. The second-order valence-electron chi connectivity index (χ2n) is 3.65. The van der Waals surface area contributed by atoms with Crippen molar-refractivity contribution in [2.75, 3.05) is 0 Å². The second-order valence-corrected chi connectivity index (χ2v) is 6.54. The summed E-state index contributed by atoms with van der Waals surface area (Å²) < 4.78 is 1.76. The molecule has 1 aromatic carbocycles. The number of hydrogen-bond donors (Lipinski definition) is 0. The summed E-state index contributed by atoms with van der Waals surface area (Å²) in [5.74, 6) is 0. The van der Waals surface area contributed by atoms with E-state index in [1.54, 1.807) is 0 Å². The molecule has 1 aromatic rings. The maximum absolute atomic E-state index is 11.7. The van der Waals surface area contributed by atoms with E-state index in [0.717, 1.165) is 12.0 Å². The Kier molecular flexibility index (Phi) is 3.61. The molecule has 78 valence electrons. The molecule has 2 heteroatoms. The summed E-state index contributed by atoms with van der Waals surface area (Å²) in [4.78, 5) is 11.7. The first-order valence-corrected chi connectivity index (χ1v) is 7.67. The Morgan fingerprint density at radius 1 is 1.27 bits per heavy atom. The first kappa shape index (κ1) is 10.9. The van der Waals surface area contributed by atoms with E-state index in [0.29, 0.717) is 3.83 Å². The molecule has 0 unspecified atom stereocenters. The maximum atomic E-state index is 11.7. The van der Waals surface area contributed by atoms with Crippen molar-refractivity contribution in [3.8, 4) is 0 Å². The molecule has 0 aromatic heterocycles. The van der Waals surface area contributed by atoms with Crippen LogP contribution in [0.3, 0.4) is 0 Å². The van der Waals surface area contributed by atoms with Gasteiger partial charge in [-0.1, -0.05) is 0 Å². The van der Waals surface area contributed by atoms with Gasteiger partial charge >= 0.3 is 101 Å². The van der Waals surface area contributed by atoms with Crippen molar-refractivity contribution in [2.45, 2.75) is 26.2 Å². The third kappa shape index (κ3) is 2.33. The van der Waals surface area contributed by atoms with Gasteiger partial charge in [0, 0.05) is 0 Å². The molecule has 0 amide bonds. The summed E-state index contributed by atoms with van der Waals surface area (Å²) in [6, 6.07) is 8.03. The van der Waals surface area contributed by atoms with Gasteiger partial charge in [-0.2, -0.15) is 0 Å². The average molecular weight is 314 g/mol. The van der Waals surface area contributed by atoms with Gasteiger partial charge in [0.25, 0.3) is 0 Å². The van der Waals surface area contributed by atoms with Crippen LogP contribution in [0.25, 0.3) is 3.62 Å². The van der Waals surface area contributed by atoms with Gasteiger partial charge in [-0.05, 0) is 0 Å². The van der Waals surface area contributed by atoms with Crippen LogP contribution in [0.2, 0.25) is 0 Å². The fraction of sp³-hybridized carbons (Fsp3) is 0.308. The zero-order valence-electron chi connectivity index (χ0n) is 8.82. The van der Waals surface area contributed by atoms with Crippen molar-refractivity contribution >= 4 is 28.4 Å². The van der Waals surface area contributed by atoms with Gasteiger partial charge in [-0.25, -0.2) is 0 Å². The standard InChI is InChI=1S/C13H14OTe/c1-2-3-4-9-12-10-7-5-6-8-11(10)13(14)15-12/h5-9H,2-4H2,1H3/b12-9-. The van der Waals surface area contributed by atoms with Crippen molar-refractivity contribution in [3.05, 3.63) is 41.5 Å². The fourth-order valence-corrected chi connectivity index (χ4v) is 4.46. The van der Waals surface area contributed by atoms with E-state index in [4.69, 9.17) is 0 Å². The first-order valence-electron chi connectivity index (χ1n) is 5.34. The number of carbonyl (C=O) groups is 1. The van der Waals surface area contributed by atoms with E-state index < -0.39 is 20.9 Å². The van der Waals surface area contributed by atoms with Crippen molar-refractivity contribution in [3.63, 3.8) is 0 Å². The molecule has 1 heterocycles. The fourth-order valence-electron chi connectivity index (χ4n) is 1.67. The molecule has 2 rings (SSSR count). The zero-order valence-corrected chi connectivity index (χ0v) is 11.2. The van der Waals surface area contributed by atoms with Crippen molar-refractivity contribution < 1.29 is 4.79 Å². The van der Waals surface area contributed by atoms with Gasteiger partial charge in [0.2, 0.25) is 0 Å². The summed E-state index contributed by atoms with van der Waals surface area (Å²) in [5, 5.41) is 0. The predicted molar refractivity (Wildman–Crippen MR) is 64.0 cm³/mol. The molecule has 1 aliphatic heterocycles. The molecule has 0 aliphatic carbocycles. The number of unbranched alkanes of at least 4 members (excludes halogenated alkanes) is 2. The molecule has 0 spiro atoms. The second kappa shape index (κ2) is 4.96.